The summed E-state index contributed by atoms with van der Waals surface area (Å²) in [5.74, 6) is -0.160. The van der Waals surface area contributed by atoms with E-state index in [9.17, 15) is 18.0 Å². The SMILES string of the molecule is C[C@@H](N)C(=O)N(Cc1ccc(C(F)(F)F)cc1)C1CC1.Cl. The molecule has 21 heavy (non-hydrogen) atoms. The second kappa shape index (κ2) is 6.66. The van der Waals surface area contributed by atoms with Gasteiger partial charge in [-0.05, 0) is 37.5 Å². The van der Waals surface area contributed by atoms with Crippen LogP contribution in [0.4, 0.5) is 13.2 Å². The number of amides is 1. The fourth-order valence-electron chi connectivity index (χ4n) is 2.03. The summed E-state index contributed by atoms with van der Waals surface area (Å²) in [4.78, 5) is 13.6. The smallest absolute Gasteiger partial charge is 0.334 e. The molecule has 0 heterocycles. The van der Waals surface area contributed by atoms with Crippen molar-refractivity contribution in [2.45, 2.75) is 44.6 Å². The van der Waals surface area contributed by atoms with Crippen LogP contribution in [0, 0.1) is 0 Å². The molecule has 0 bridgehead atoms. The van der Waals surface area contributed by atoms with E-state index in [4.69, 9.17) is 5.73 Å². The topological polar surface area (TPSA) is 46.3 Å². The minimum Gasteiger partial charge on any atom is -0.334 e. The van der Waals surface area contributed by atoms with Crippen LogP contribution >= 0.6 is 12.4 Å². The highest BCUT2D eigenvalue weighted by molar-refractivity contribution is 5.85. The molecule has 1 fully saturated rings. The molecule has 0 aliphatic heterocycles. The first-order valence-corrected chi connectivity index (χ1v) is 6.51. The number of nitrogens with zero attached hydrogens (tertiary/aromatic N) is 1. The molecule has 1 amide bonds. The van der Waals surface area contributed by atoms with Gasteiger partial charge in [0.25, 0.3) is 0 Å². The van der Waals surface area contributed by atoms with Crippen LogP contribution in [-0.4, -0.2) is 22.9 Å². The molecule has 2 N–H and O–H groups in total. The molecule has 1 aromatic carbocycles. The van der Waals surface area contributed by atoms with Gasteiger partial charge in [-0.25, -0.2) is 0 Å². The zero-order valence-corrected chi connectivity index (χ0v) is 12.4. The van der Waals surface area contributed by atoms with Gasteiger partial charge < -0.3 is 10.6 Å². The molecule has 1 aliphatic rings. The van der Waals surface area contributed by atoms with E-state index in [2.05, 4.69) is 0 Å². The van der Waals surface area contributed by atoms with Crippen molar-refractivity contribution in [3.05, 3.63) is 35.4 Å². The molecular formula is C14H18ClF3N2O. The number of hydrogen-bond acceptors (Lipinski definition) is 2. The number of rotatable bonds is 4. The summed E-state index contributed by atoms with van der Waals surface area (Å²) in [7, 11) is 0. The summed E-state index contributed by atoms with van der Waals surface area (Å²) in [6.45, 7) is 1.92. The molecule has 7 heteroatoms. The van der Waals surface area contributed by atoms with Crippen LogP contribution in [0.3, 0.4) is 0 Å². The van der Waals surface area contributed by atoms with E-state index in [-0.39, 0.29) is 24.4 Å². The van der Waals surface area contributed by atoms with Crippen LogP contribution in [0.15, 0.2) is 24.3 Å². The normalized spacial score (nSPS) is 16.0. The van der Waals surface area contributed by atoms with E-state index >= 15 is 0 Å². The summed E-state index contributed by atoms with van der Waals surface area (Å²) >= 11 is 0. The lowest BCUT2D eigenvalue weighted by atomic mass is 10.1. The minimum absolute atomic E-state index is 0. The average molecular weight is 323 g/mol. The molecule has 1 atom stereocenters. The Kier molecular flexibility index (Phi) is 5.64. The quantitative estimate of drug-likeness (QED) is 0.926. The summed E-state index contributed by atoms with van der Waals surface area (Å²) in [6, 6.07) is 4.48. The molecule has 0 spiro atoms. The zero-order valence-electron chi connectivity index (χ0n) is 11.6. The van der Waals surface area contributed by atoms with E-state index in [1.54, 1.807) is 11.8 Å². The highest BCUT2D eigenvalue weighted by atomic mass is 35.5. The van der Waals surface area contributed by atoms with Gasteiger partial charge >= 0.3 is 6.18 Å². The van der Waals surface area contributed by atoms with Crippen LogP contribution in [0.2, 0.25) is 0 Å². The predicted molar refractivity (Wildman–Crippen MR) is 75.9 cm³/mol. The van der Waals surface area contributed by atoms with Crippen molar-refractivity contribution in [2.75, 3.05) is 0 Å². The summed E-state index contributed by atoms with van der Waals surface area (Å²) in [6.07, 6.45) is -2.48. The molecule has 0 aromatic heterocycles. The molecule has 1 aromatic rings. The third-order valence-electron chi connectivity index (χ3n) is 3.29. The van der Waals surface area contributed by atoms with Crippen molar-refractivity contribution >= 4 is 18.3 Å². The first-order chi connectivity index (χ1) is 9.29. The van der Waals surface area contributed by atoms with Gasteiger partial charge in [0.05, 0.1) is 11.6 Å². The maximum absolute atomic E-state index is 12.5. The third kappa shape index (κ3) is 4.61. The van der Waals surface area contributed by atoms with E-state index in [0.29, 0.717) is 12.1 Å². The minimum atomic E-state index is -4.34. The Morgan fingerprint density at radius 1 is 1.33 bits per heavy atom. The number of halogens is 4. The summed E-state index contributed by atoms with van der Waals surface area (Å²) < 4.78 is 37.4. The van der Waals surface area contributed by atoms with E-state index in [1.165, 1.54) is 12.1 Å². The van der Waals surface area contributed by atoms with Crippen LogP contribution in [0.25, 0.3) is 0 Å². The fourth-order valence-corrected chi connectivity index (χ4v) is 2.03. The van der Waals surface area contributed by atoms with Crippen LogP contribution < -0.4 is 5.73 Å². The van der Waals surface area contributed by atoms with E-state index in [1.807, 2.05) is 0 Å². The summed E-state index contributed by atoms with van der Waals surface area (Å²) in [5.41, 5.74) is 5.59. The lowest BCUT2D eigenvalue weighted by Crippen LogP contribution is -2.42. The fraction of sp³-hybridized carbons (Fsp3) is 0.500. The Bertz CT molecular complexity index is 484. The Morgan fingerprint density at radius 2 is 1.86 bits per heavy atom. The molecule has 0 unspecified atom stereocenters. The van der Waals surface area contributed by atoms with Gasteiger partial charge in [0.1, 0.15) is 0 Å². The largest absolute Gasteiger partial charge is 0.416 e. The first kappa shape index (κ1) is 17.8. The van der Waals surface area contributed by atoms with Crippen LogP contribution in [-0.2, 0) is 17.5 Å². The van der Waals surface area contributed by atoms with Crippen molar-refractivity contribution in [3.63, 3.8) is 0 Å². The predicted octanol–water partition coefficient (Wildman–Crippen LogP) is 2.97. The Balaban J connectivity index is 0.00000220. The molecule has 0 radical (unpaired) electrons. The van der Waals surface area contributed by atoms with Crippen molar-refractivity contribution in [3.8, 4) is 0 Å². The van der Waals surface area contributed by atoms with Gasteiger partial charge in [-0.2, -0.15) is 13.2 Å². The van der Waals surface area contributed by atoms with Crippen molar-refractivity contribution in [2.24, 2.45) is 5.73 Å². The number of alkyl halides is 3. The molecule has 0 saturated heterocycles. The van der Waals surface area contributed by atoms with Gasteiger partial charge in [0, 0.05) is 12.6 Å². The van der Waals surface area contributed by atoms with Crippen LogP contribution in [0.1, 0.15) is 30.9 Å². The summed E-state index contributed by atoms with van der Waals surface area (Å²) in [5, 5.41) is 0. The number of hydrogen-bond donors (Lipinski definition) is 1. The lowest BCUT2D eigenvalue weighted by Gasteiger charge is -2.24. The maximum atomic E-state index is 12.5. The molecule has 1 aliphatic carbocycles. The van der Waals surface area contributed by atoms with Gasteiger partial charge in [-0.3, -0.25) is 4.79 Å². The number of nitrogens with two attached hydrogens (primary N) is 1. The zero-order chi connectivity index (χ0) is 14.9. The van der Waals surface area contributed by atoms with E-state index in [0.717, 1.165) is 25.0 Å². The van der Waals surface area contributed by atoms with Crippen LogP contribution in [0.5, 0.6) is 0 Å². The number of carbonyl (C=O) groups excluding carboxylic acids is 1. The molecule has 3 nitrogen and oxygen atoms in total. The van der Waals surface area contributed by atoms with Crippen molar-refractivity contribution in [1.82, 2.24) is 4.90 Å². The highest BCUT2D eigenvalue weighted by Crippen LogP contribution is 2.31. The number of carbonyl (C=O) groups is 1. The first-order valence-electron chi connectivity index (χ1n) is 6.51. The Morgan fingerprint density at radius 3 is 2.24 bits per heavy atom. The molecular weight excluding hydrogens is 305 g/mol. The van der Waals surface area contributed by atoms with Gasteiger partial charge in [0.15, 0.2) is 0 Å². The van der Waals surface area contributed by atoms with Gasteiger partial charge in [-0.1, -0.05) is 12.1 Å². The van der Waals surface area contributed by atoms with Gasteiger partial charge in [0.2, 0.25) is 5.91 Å². The standard InChI is InChI=1S/C14H17F3N2O.ClH/c1-9(18)13(20)19(12-6-7-12)8-10-2-4-11(5-3-10)14(15,16)17;/h2-5,9,12H,6-8,18H2,1H3;1H/t9-;/m1./s1. The second-order valence-corrected chi connectivity index (χ2v) is 5.18. The highest BCUT2D eigenvalue weighted by Gasteiger charge is 2.34. The molecule has 2 rings (SSSR count). The van der Waals surface area contributed by atoms with Crippen molar-refractivity contribution < 1.29 is 18.0 Å². The van der Waals surface area contributed by atoms with E-state index < -0.39 is 17.8 Å². The Hall–Kier alpha value is -1.27. The Labute approximate surface area is 127 Å². The molecule has 1 saturated carbocycles. The third-order valence-corrected chi connectivity index (χ3v) is 3.29. The second-order valence-electron chi connectivity index (χ2n) is 5.18. The lowest BCUT2D eigenvalue weighted by molar-refractivity contribution is -0.137. The number of benzene rings is 1. The monoisotopic (exact) mass is 322 g/mol. The molecule has 118 valence electrons. The average Bonchev–Trinajstić information content (AvgIpc) is 3.18. The maximum Gasteiger partial charge on any atom is 0.416 e. The van der Waals surface area contributed by atoms with Gasteiger partial charge in [-0.15, -0.1) is 12.4 Å². The van der Waals surface area contributed by atoms with Crippen molar-refractivity contribution in [1.29, 1.82) is 0 Å².